The van der Waals surface area contributed by atoms with Crippen LogP contribution < -0.4 is 19.5 Å². The molecule has 3 heterocycles. The number of aliphatic carboxylic acids is 1. The van der Waals surface area contributed by atoms with Gasteiger partial charge in [0.1, 0.15) is 47.4 Å². The summed E-state index contributed by atoms with van der Waals surface area (Å²) in [6, 6.07) is 11.1. The lowest BCUT2D eigenvalue weighted by Gasteiger charge is -2.42. The van der Waals surface area contributed by atoms with Crippen LogP contribution in [0.5, 0.6) is 23.0 Å². The molecule has 0 aromatic heterocycles. The summed E-state index contributed by atoms with van der Waals surface area (Å²) in [5, 5.41) is 42.3. The Bertz CT molecular complexity index is 1720. The van der Waals surface area contributed by atoms with E-state index in [2.05, 4.69) is 5.32 Å². The minimum atomic E-state index is -1.60. The normalized spacial score (nSPS) is 26.2. The Kier molecular flexibility index (Phi) is 8.01. The van der Waals surface area contributed by atoms with Gasteiger partial charge in [-0.2, -0.15) is 0 Å². The number of rotatable bonds is 7. The Morgan fingerprint density at radius 2 is 1.62 bits per heavy atom. The molecule has 3 aromatic rings. The first-order valence-corrected chi connectivity index (χ1v) is 14.3. The number of amides is 1. The van der Waals surface area contributed by atoms with Crippen molar-refractivity contribution in [1.82, 2.24) is 5.32 Å². The number of benzene rings is 3. The predicted octanol–water partition coefficient (Wildman–Crippen LogP) is 2.35. The van der Waals surface area contributed by atoms with Crippen molar-refractivity contribution in [2.24, 2.45) is 0 Å². The molecule has 1 spiro atoms. The highest BCUT2D eigenvalue weighted by atomic mass is 35.5. The first-order chi connectivity index (χ1) is 21.4. The van der Waals surface area contributed by atoms with Crippen LogP contribution in [0.3, 0.4) is 0 Å². The Hall–Kier alpha value is -4.11. The van der Waals surface area contributed by atoms with Crippen LogP contribution in [0.1, 0.15) is 34.0 Å². The molecule has 5 N–H and O–H groups in total. The van der Waals surface area contributed by atoms with Gasteiger partial charge in [-0.05, 0) is 18.2 Å². The molecule has 0 bridgehead atoms. The zero-order valence-electron chi connectivity index (χ0n) is 23.2. The molecule has 1 amide bonds. The number of hydrogen-bond acceptors (Lipinski definition) is 11. The molecule has 3 aromatic carbocycles. The first-order valence-electron chi connectivity index (χ1n) is 13.5. The number of carboxylic acid groups (broad SMARTS) is 1. The van der Waals surface area contributed by atoms with Gasteiger partial charge in [-0.1, -0.05) is 41.4 Å². The molecular weight excluding hydrogens is 637 g/mol. The maximum Gasteiger partial charge on any atom is 0.341 e. The molecule has 1 saturated heterocycles. The number of fused-ring (bicyclic) bond motifs is 6. The average molecular weight is 662 g/mol. The van der Waals surface area contributed by atoms with Gasteiger partial charge in [-0.25, -0.2) is 9.59 Å². The molecule has 0 aliphatic carbocycles. The molecule has 3 aliphatic rings. The third-order valence-corrected chi connectivity index (χ3v) is 8.25. The molecule has 6 atom stereocenters. The Morgan fingerprint density at radius 1 is 0.978 bits per heavy atom. The molecule has 1 fully saturated rings. The number of halogens is 2. The average Bonchev–Trinajstić information content (AvgIpc) is 3.29. The third-order valence-electron chi connectivity index (χ3n) is 7.66. The number of aliphatic hydroxyl groups is 3. The summed E-state index contributed by atoms with van der Waals surface area (Å²) in [7, 11) is 0. The number of aliphatic hydroxyl groups excluding tert-OH is 3. The summed E-state index contributed by atoms with van der Waals surface area (Å²) in [6.07, 6.45) is -5.78. The van der Waals surface area contributed by atoms with E-state index < -0.39 is 67.3 Å². The lowest BCUT2D eigenvalue weighted by Crippen LogP contribution is -2.65. The summed E-state index contributed by atoms with van der Waals surface area (Å²) in [4.78, 5) is 36.2. The van der Waals surface area contributed by atoms with Crippen LogP contribution in [0.25, 0.3) is 0 Å². The van der Waals surface area contributed by atoms with Crippen molar-refractivity contribution in [3.8, 4) is 23.0 Å². The van der Waals surface area contributed by atoms with Crippen molar-refractivity contribution in [3.63, 3.8) is 0 Å². The Morgan fingerprint density at radius 3 is 2.27 bits per heavy atom. The fourth-order valence-corrected chi connectivity index (χ4v) is 6.13. The van der Waals surface area contributed by atoms with E-state index >= 15 is 0 Å². The van der Waals surface area contributed by atoms with Gasteiger partial charge in [0.15, 0.2) is 12.2 Å². The molecule has 3 aliphatic heterocycles. The number of carboxylic acids is 1. The largest absolute Gasteiger partial charge is 0.480 e. The van der Waals surface area contributed by atoms with E-state index in [0.29, 0.717) is 16.7 Å². The second-order valence-corrected chi connectivity index (χ2v) is 11.3. The molecule has 13 nitrogen and oxygen atoms in total. The number of carbonyl (C=O) groups is 3. The summed E-state index contributed by atoms with van der Waals surface area (Å²) in [5.41, 5.74) is -0.241. The highest BCUT2D eigenvalue weighted by Gasteiger charge is 2.54. The SMILES string of the molecule is CC(=O)N[C@@H]1[C@@H](Oc2cc3c(cc2Cl)[C@]2(OC(=O)c4ccccc42)c2cc(Cl)c(OCC(=O)O)cc2O3)O[C@@H](CO)[C@H](O)[C@H]1O. The molecular formula is C30H25Cl2NO12. The van der Waals surface area contributed by atoms with Gasteiger partial charge in [0, 0.05) is 35.7 Å². The Labute approximate surface area is 264 Å². The zero-order valence-corrected chi connectivity index (χ0v) is 24.7. The van der Waals surface area contributed by atoms with E-state index in [-0.39, 0.29) is 38.6 Å². The minimum Gasteiger partial charge on any atom is -0.480 e. The first kappa shape index (κ1) is 30.9. The van der Waals surface area contributed by atoms with Gasteiger partial charge in [-0.15, -0.1) is 0 Å². The number of nitrogens with one attached hydrogen (secondary N) is 1. The minimum absolute atomic E-state index is 0.00388. The topological polar surface area (TPSA) is 190 Å². The van der Waals surface area contributed by atoms with E-state index in [1.54, 1.807) is 24.3 Å². The van der Waals surface area contributed by atoms with Crippen LogP contribution in [0.2, 0.25) is 10.0 Å². The van der Waals surface area contributed by atoms with Crippen molar-refractivity contribution >= 4 is 41.0 Å². The standard InChI is InChI=1S/C30H25Cl2NO12/c1-12(35)33-25-27(39)26(38)23(10-34)44-29(25)43-22-9-20-16(7-18(22)32)30(14-5-3-2-4-13(14)28(40)45-30)15-6-17(31)21(8-19(15)42-20)41-11-24(36)37/h2-9,23,25-27,29,34,38-39H,10-11H2,1H3,(H,33,35)(H,36,37)/t23-,25-,26-,27-,29-,30+/m0/s1. The van der Waals surface area contributed by atoms with Gasteiger partial charge in [0.2, 0.25) is 12.2 Å². The predicted molar refractivity (Wildman–Crippen MR) is 154 cm³/mol. The van der Waals surface area contributed by atoms with Gasteiger partial charge in [-0.3, -0.25) is 4.79 Å². The second kappa shape index (κ2) is 11.7. The highest BCUT2D eigenvalue weighted by Crippen LogP contribution is 2.58. The van der Waals surface area contributed by atoms with Gasteiger partial charge < -0.3 is 49.4 Å². The van der Waals surface area contributed by atoms with Crippen molar-refractivity contribution in [2.75, 3.05) is 13.2 Å². The highest BCUT2D eigenvalue weighted by molar-refractivity contribution is 6.32. The fraction of sp³-hybridized carbons (Fsp3) is 0.300. The summed E-state index contributed by atoms with van der Waals surface area (Å²) < 4.78 is 29.3. The van der Waals surface area contributed by atoms with E-state index in [4.69, 9.17) is 52.0 Å². The number of esters is 1. The smallest absolute Gasteiger partial charge is 0.341 e. The lowest BCUT2D eigenvalue weighted by molar-refractivity contribution is -0.244. The van der Waals surface area contributed by atoms with Gasteiger partial charge >= 0.3 is 11.9 Å². The Balaban J connectivity index is 1.47. The number of hydrogen-bond donors (Lipinski definition) is 5. The second-order valence-electron chi connectivity index (χ2n) is 10.5. The summed E-state index contributed by atoms with van der Waals surface area (Å²) in [6.45, 7) is -0.144. The number of carbonyl (C=O) groups excluding carboxylic acids is 2. The molecule has 236 valence electrons. The molecule has 6 rings (SSSR count). The zero-order chi connectivity index (χ0) is 32.2. The van der Waals surface area contributed by atoms with Crippen molar-refractivity contribution < 1.29 is 58.5 Å². The van der Waals surface area contributed by atoms with Crippen molar-refractivity contribution in [1.29, 1.82) is 0 Å². The van der Waals surface area contributed by atoms with Crippen LogP contribution in [0.4, 0.5) is 0 Å². The molecule has 45 heavy (non-hydrogen) atoms. The van der Waals surface area contributed by atoms with Crippen LogP contribution in [-0.4, -0.2) is 82.1 Å². The maximum absolute atomic E-state index is 13.2. The van der Waals surface area contributed by atoms with E-state index in [1.165, 1.54) is 31.2 Å². The number of ether oxygens (including phenoxy) is 5. The van der Waals surface area contributed by atoms with E-state index in [9.17, 15) is 29.7 Å². The monoisotopic (exact) mass is 661 g/mol. The maximum atomic E-state index is 13.2. The van der Waals surface area contributed by atoms with E-state index in [1.807, 2.05) is 0 Å². The van der Waals surface area contributed by atoms with Gasteiger partial charge in [0.25, 0.3) is 0 Å². The molecule has 0 saturated carbocycles. The quantitative estimate of drug-likeness (QED) is 0.233. The summed E-state index contributed by atoms with van der Waals surface area (Å²) in [5.74, 6) is -2.24. The van der Waals surface area contributed by atoms with Crippen LogP contribution in [-0.2, 0) is 24.7 Å². The van der Waals surface area contributed by atoms with Gasteiger partial charge in [0.05, 0.1) is 22.2 Å². The third kappa shape index (κ3) is 5.21. The fourth-order valence-electron chi connectivity index (χ4n) is 5.71. The lowest BCUT2D eigenvalue weighted by atomic mass is 9.77. The molecule has 0 radical (unpaired) electrons. The molecule has 15 heteroatoms. The van der Waals surface area contributed by atoms with Crippen molar-refractivity contribution in [3.05, 3.63) is 80.8 Å². The van der Waals surface area contributed by atoms with E-state index in [0.717, 1.165) is 0 Å². The molecule has 0 unspecified atom stereocenters. The summed E-state index contributed by atoms with van der Waals surface area (Å²) >= 11 is 13.2. The van der Waals surface area contributed by atoms with Crippen LogP contribution in [0.15, 0.2) is 48.5 Å². The van der Waals surface area contributed by atoms with Crippen molar-refractivity contribution in [2.45, 2.75) is 43.2 Å². The van der Waals surface area contributed by atoms with Crippen LogP contribution >= 0.6 is 23.2 Å². The van der Waals surface area contributed by atoms with Crippen LogP contribution in [0, 0.1) is 0 Å².